The van der Waals surface area contributed by atoms with E-state index in [0.29, 0.717) is 0 Å². The molecule has 0 saturated carbocycles. The maximum Gasteiger partial charge on any atom is 0.200 e. The van der Waals surface area contributed by atoms with Gasteiger partial charge in [-0.1, -0.05) is 98.9 Å². The fraction of sp³-hybridized carbons (Fsp3) is 0.429. The molecular weight excluding hydrogens is 1060 g/mol. The first-order chi connectivity index (χ1) is 29.6. The number of hydrogen-bond acceptors (Lipinski definition) is 0. The predicted molar refractivity (Wildman–Crippen MR) is 214 cm³/mol. The predicted octanol–water partition coefficient (Wildman–Crippen LogP) is 13.2. The van der Waals surface area contributed by atoms with E-state index in [9.17, 15) is 52.7 Å². The molecular formula is C42H42BF20P2Pd-. The Morgan fingerprint density at radius 2 is 0.303 bits per heavy atom. The van der Waals surface area contributed by atoms with Gasteiger partial charge in [-0.15, -0.1) is 21.9 Å². The molecule has 0 atom stereocenters. The van der Waals surface area contributed by atoms with Crippen molar-refractivity contribution < 1.29 is 108 Å². The summed E-state index contributed by atoms with van der Waals surface area (Å²) in [4.78, 5) is 0. The Morgan fingerprint density at radius 3 is 0.379 bits per heavy atom. The van der Waals surface area contributed by atoms with Crippen LogP contribution in [0.5, 0.6) is 0 Å². The van der Waals surface area contributed by atoms with Crippen molar-refractivity contribution in [2.24, 2.45) is 0 Å². The molecule has 0 nitrogen and oxygen atoms in total. The molecule has 24 heteroatoms. The van der Waals surface area contributed by atoms with E-state index >= 15 is 35.1 Å². The standard InChI is InChI=1S/C24BF20.2C9H21P.Pd/c26-5-1(6(27)14(35)21(42)13(5)34)25(2-7(28)15(36)22(43)16(37)8(2)29,3-9(30)17(38)23(44)18(39)10(3)31)4-11(32)19(40)24(45)20(41)12(4)33;2*1-7(2)10(8(3)4)9(5)6;/h;2*7-9H,1-6H3;/q-1;;;. The second-order valence-electron chi connectivity index (χ2n) is 16.3. The van der Waals surface area contributed by atoms with Gasteiger partial charge in [-0.3, -0.25) is 0 Å². The van der Waals surface area contributed by atoms with Gasteiger partial charge in [-0.05, 0) is 34.0 Å². The molecule has 374 valence electrons. The number of halogens is 20. The Balaban J connectivity index is 0.000000860. The van der Waals surface area contributed by atoms with Crippen LogP contribution in [0.25, 0.3) is 0 Å². The molecule has 0 aliphatic heterocycles. The van der Waals surface area contributed by atoms with Crippen LogP contribution in [0.1, 0.15) is 83.1 Å². The molecule has 0 fully saturated rings. The average molecular weight is 1110 g/mol. The van der Waals surface area contributed by atoms with Crippen LogP contribution in [0.3, 0.4) is 0 Å². The van der Waals surface area contributed by atoms with Crippen molar-refractivity contribution in [2.45, 2.75) is 117 Å². The summed E-state index contributed by atoms with van der Waals surface area (Å²) in [6.45, 7) is 28.2. The molecule has 4 aromatic rings. The maximum absolute atomic E-state index is 15.4. The largest absolute Gasteiger partial charge is 0.207 e. The molecule has 0 aliphatic carbocycles. The van der Waals surface area contributed by atoms with E-state index in [0.717, 1.165) is 34.0 Å². The van der Waals surface area contributed by atoms with Crippen LogP contribution < -0.4 is 21.9 Å². The molecule has 0 bridgehead atoms. The summed E-state index contributed by atoms with van der Waals surface area (Å²) in [6.07, 6.45) is -7.22. The zero-order valence-corrected chi connectivity index (χ0v) is 40.2. The summed E-state index contributed by atoms with van der Waals surface area (Å²) in [5.74, 6) is -71.4. The summed E-state index contributed by atoms with van der Waals surface area (Å²) in [6, 6.07) is 0. The van der Waals surface area contributed by atoms with Crippen molar-refractivity contribution >= 4 is 43.8 Å². The van der Waals surface area contributed by atoms with Crippen LogP contribution in [0.4, 0.5) is 87.8 Å². The van der Waals surface area contributed by atoms with Gasteiger partial charge in [-0.25, -0.2) is 87.8 Å². The van der Waals surface area contributed by atoms with Crippen molar-refractivity contribution in [3.63, 3.8) is 0 Å². The van der Waals surface area contributed by atoms with E-state index in [1.54, 1.807) is 0 Å². The molecule has 0 radical (unpaired) electrons. The molecule has 0 spiro atoms. The molecule has 0 N–H and O–H groups in total. The van der Waals surface area contributed by atoms with Crippen LogP contribution >= 0.6 is 15.8 Å². The van der Waals surface area contributed by atoms with Crippen LogP contribution in [-0.4, -0.2) is 40.1 Å². The topological polar surface area (TPSA) is 0 Å². The number of hydrogen-bond donors (Lipinski definition) is 0. The van der Waals surface area contributed by atoms with Gasteiger partial charge in [0.1, 0.15) is 52.7 Å². The average Bonchev–Trinajstić information content (AvgIpc) is 3.20. The molecule has 0 aromatic heterocycles. The van der Waals surface area contributed by atoms with Crippen LogP contribution in [0.2, 0.25) is 0 Å². The van der Waals surface area contributed by atoms with Crippen molar-refractivity contribution in [1.82, 2.24) is 0 Å². The first-order valence-electron chi connectivity index (χ1n) is 19.4. The second kappa shape index (κ2) is 23.6. The molecule has 0 saturated heterocycles. The summed E-state index contributed by atoms with van der Waals surface area (Å²) < 4.78 is 294. The van der Waals surface area contributed by atoms with Crippen LogP contribution in [-0.2, 0) is 20.4 Å². The van der Waals surface area contributed by atoms with E-state index in [1.807, 2.05) is 0 Å². The van der Waals surface area contributed by atoms with E-state index in [1.165, 1.54) is 0 Å². The summed E-state index contributed by atoms with van der Waals surface area (Å²) in [7, 11) is 0.525. The zero-order valence-electron chi connectivity index (χ0n) is 36.8. The molecule has 0 unspecified atom stereocenters. The van der Waals surface area contributed by atoms with Crippen molar-refractivity contribution in [3.05, 3.63) is 116 Å². The van der Waals surface area contributed by atoms with E-state index in [4.69, 9.17) is 0 Å². The van der Waals surface area contributed by atoms with Gasteiger partial charge < -0.3 is 0 Å². The third-order valence-corrected chi connectivity index (χ3v) is 17.4. The van der Waals surface area contributed by atoms with E-state index in [2.05, 4.69) is 83.1 Å². The van der Waals surface area contributed by atoms with Gasteiger partial charge in [-0.2, -0.15) is 0 Å². The Labute approximate surface area is 384 Å². The minimum Gasteiger partial charge on any atom is -0.207 e. The van der Waals surface area contributed by atoms with Gasteiger partial charge in [0.05, 0.1) is 0 Å². The molecule has 0 aliphatic rings. The minimum absolute atomic E-state index is 0. The van der Waals surface area contributed by atoms with Crippen molar-refractivity contribution in [2.75, 3.05) is 0 Å². The molecule has 0 heterocycles. The van der Waals surface area contributed by atoms with Gasteiger partial charge in [0.15, 0.2) is 69.8 Å². The Hall–Kier alpha value is -2.93. The smallest absolute Gasteiger partial charge is 0.200 e. The fourth-order valence-electron chi connectivity index (χ4n) is 8.45. The van der Waals surface area contributed by atoms with Gasteiger partial charge in [0, 0.05) is 20.4 Å². The molecule has 4 aromatic carbocycles. The first-order valence-corrected chi connectivity index (χ1v) is 22.5. The SMILES string of the molecule is CC(C)P(C(C)C)C(C)C.CC(C)P(C(C)C)C(C)C.Fc1c(F)c(F)c([B-](c2c(F)c(F)c(F)c(F)c2F)(c2c(F)c(F)c(F)c(F)c2F)c2c(F)c(F)c(F)c(F)c2F)c(F)c1F.[Pd]. The van der Waals surface area contributed by atoms with Gasteiger partial charge >= 0.3 is 0 Å². The van der Waals surface area contributed by atoms with E-state index < -0.39 is 144 Å². The monoisotopic (exact) mass is 1110 g/mol. The van der Waals surface area contributed by atoms with Crippen LogP contribution in [0.15, 0.2) is 0 Å². The molecule has 0 amide bonds. The zero-order chi connectivity index (χ0) is 51.0. The fourth-order valence-corrected chi connectivity index (χ4v) is 15.6. The Kier molecular flexibility index (Phi) is 21.8. The van der Waals surface area contributed by atoms with Crippen molar-refractivity contribution in [1.29, 1.82) is 0 Å². The third-order valence-electron chi connectivity index (χ3n) is 10.3. The quantitative estimate of drug-likeness (QED) is 0.0488. The van der Waals surface area contributed by atoms with Gasteiger partial charge in [0.2, 0.25) is 0 Å². The minimum atomic E-state index is -7.22. The normalized spacial score (nSPS) is 12.0. The van der Waals surface area contributed by atoms with Crippen molar-refractivity contribution in [3.8, 4) is 0 Å². The first kappa shape index (κ1) is 61.1. The third kappa shape index (κ3) is 11.1. The molecule has 66 heavy (non-hydrogen) atoms. The van der Waals surface area contributed by atoms with E-state index in [-0.39, 0.29) is 36.3 Å². The number of benzene rings is 4. The Bertz CT molecular complexity index is 1950. The summed E-state index contributed by atoms with van der Waals surface area (Å²) in [5, 5.41) is 0. The summed E-state index contributed by atoms with van der Waals surface area (Å²) >= 11 is 0. The second-order valence-corrected chi connectivity index (χ2v) is 24.2. The maximum atomic E-state index is 15.4. The van der Waals surface area contributed by atoms with Crippen LogP contribution in [0, 0.1) is 116 Å². The summed E-state index contributed by atoms with van der Waals surface area (Å²) in [5.41, 5.74) is -8.94. The Morgan fingerprint density at radius 1 is 0.212 bits per heavy atom. The molecule has 4 rings (SSSR count). The van der Waals surface area contributed by atoms with Gasteiger partial charge in [0.25, 0.3) is 0 Å². The number of rotatable bonds is 10.